The Balaban J connectivity index is 1.53. The minimum atomic E-state index is -0.893. The van der Waals surface area contributed by atoms with Crippen LogP contribution in [0.3, 0.4) is 0 Å². The Morgan fingerprint density at radius 2 is 1.74 bits per heavy atom. The number of nitrogens with zero attached hydrogens (tertiary/aromatic N) is 1. The first-order chi connectivity index (χ1) is 12.9. The van der Waals surface area contributed by atoms with Crippen molar-refractivity contribution >= 4 is 17.3 Å². The quantitative estimate of drug-likeness (QED) is 0.855. The molecule has 2 aromatic rings. The Labute approximate surface area is 158 Å². The first-order valence-electron chi connectivity index (χ1n) is 9.15. The molecule has 1 N–H and O–H groups in total. The molecule has 1 heterocycles. The summed E-state index contributed by atoms with van der Waals surface area (Å²) in [7, 11) is 0. The monoisotopic (exact) mass is 374 g/mol. The third-order valence-corrected chi connectivity index (χ3v) is 4.56. The van der Waals surface area contributed by atoms with E-state index in [9.17, 15) is 13.6 Å². The Morgan fingerprint density at radius 1 is 1.07 bits per heavy atom. The van der Waals surface area contributed by atoms with Crippen molar-refractivity contribution in [2.45, 2.75) is 38.9 Å². The summed E-state index contributed by atoms with van der Waals surface area (Å²) in [5.74, 6) is -1.94. The second-order valence-corrected chi connectivity index (χ2v) is 7.01. The van der Waals surface area contributed by atoms with Crippen molar-refractivity contribution in [3.63, 3.8) is 0 Å². The van der Waals surface area contributed by atoms with Crippen molar-refractivity contribution in [3.05, 3.63) is 59.7 Å². The summed E-state index contributed by atoms with van der Waals surface area (Å²) in [4.78, 5) is 14.4. The molecule has 0 saturated carbocycles. The first-order valence-corrected chi connectivity index (χ1v) is 9.15. The molecule has 0 aromatic heterocycles. The lowest BCUT2D eigenvalue weighted by atomic mass is 10.1. The summed E-state index contributed by atoms with van der Waals surface area (Å²) >= 11 is 0. The van der Waals surface area contributed by atoms with Gasteiger partial charge in [-0.25, -0.2) is 8.78 Å². The van der Waals surface area contributed by atoms with E-state index in [1.807, 2.05) is 24.3 Å². The zero-order valence-electron chi connectivity index (χ0n) is 15.5. The minimum Gasteiger partial charge on any atom is -0.372 e. The third-order valence-electron chi connectivity index (χ3n) is 4.56. The number of nitrogens with one attached hydrogen (secondary N) is 1. The van der Waals surface area contributed by atoms with Crippen LogP contribution in [0.2, 0.25) is 0 Å². The highest BCUT2D eigenvalue weighted by Gasteiger charge is 2.22. The molecule has 1 saturated heterocycles. The molecule has 1 aliphatic rings. The summed E-state index contributed by atoms with van der Waals surface area (Å²) in [6.07, 6.45) is 0.921. The molecule has 6 heteroatoms. The summed E-state index contributed by atoms with van der Waals surface area (Å²) in [5.41, 5.74) is 2.40. The maximum Gasteiger partial charge on any atom is 0.224 e. The molecule has 0 spiro atoms. The van der Waals surface area contributed by atoms with E-state index < -0.39 is 11.6 Å². The Morgan fingerprint density at radius 3 is 2.37 bits per heavy atom. The third kappa shape index (κ3) is 5.26. The van der Waals surface area contributed by atoms with Gasteiger partial charge in [0.1, 0.15) is 0 Å². The van der Waals surface area contributed by atoms with E-state index in [4.69, 9.17) is 4.74 Å². The number of morpholine rings is 1. The van der Waals surface area contributed by atoms with E-state index in [2.05, 4.69) is 24.1 Å². The number of anilines is 2. The number of aryl methyl sites for hydroxylation is 1. The molecule has 2 atom stereocenters. The highest BCUT2D eigenvalue weighted by Crippen LogP contribution is 2.22. The summed E-state index contributed by atoms with van der Waals surface area (Å²) in [6, 6.07) is 11.4. The molecule has 1 fully saturated rings. The molecule has 0 aliphatic carbocycles. The molecule has 3 rings (SSSR count). The number of carbonyl (C=O) groups is 1. The van der Waals surface area contributed by atoms with E-state index >= 15 is 0 Å². The van der Waals surface area contributed by atoms with Crippen LogP contribution in [0.5, 0.6) is 0 Å². The van der Waals surface area contributed by atoms with Crippen LogP contribution >= 0.6 is 0 Å². The number of benzene rings is 2. The van der Waals surface area contributed by atoms with Gasteiger partial charge in [-0.3, -0.25) is 4.79 Å². The van der Waals surface area contributed by atoms with Crippen LogP contribution in [-0.4, -0.2) is 31.2 Å². The number of ether oxygens (including phenoxy) is 1. The van der Waals surface area contributed by atoms with Gasteiger partial charge in [0.2, 0.25) is 5.91 Å². The van der Waals surface area contributed by atoms with Crippen LogP contribution in [0, 0.1) is 11.6 Å². The van der Waals surface area contributed by atoms with Crippen molar-refractivity contribution in [1.82, 2.24) is 0 Å². The van der Waals surface area contributed by atoms with E-state index in [1.54, 1.807) is 0 Å². The molecule has 2 unspecified atom stereocenters. The van der Waals surface area contributed by atoms with Crippen molar-refractivity contribution in [3.8, 4) is 0 Å². The topological polar surface area (TPSA) is 41.6 Å². The maximum atomic E-state index is 13.2. The summed E-state index contributed by atoms with van der Waals surface area (Å²) in [5, 5.41) is 2.84. The van der Waals surface area contributed by atoms with Gasteiger partial charge in [0.15, 0.2) is 11.6 Å². The number of rotatable bonds is 5. The largest absolute Gasteiger partial charge is 0.372 e. The predicted molar refractivity (Wildman–Crippen MR) is 102 cm³/mol. The number of hydrogen-bond donors (Lipinski definition) is 1. The molecular weight excluding hydrogens is 350 g/mol. The fraction of sp³-hybridized carbons (Fsp3) is 0.381. The molecule has 1 amide bonds. The van der Waals surface area contributed by atoms with Gasteiger partial charge >= 0.3 is 0 Å². The Hall–Kier alpha value is -2.47. The fourth-order valence-electron chi connectivity index (χ4n) is 3.32. The lowest BCUT2D eigenvalue weighted by Crippen LogP contribution is -2.45. The average molecular weight is 374 g/mol. The molecule has 27 heavy (non-hydrogen) atoms. The van der Waals surface area contributed by atoms with Gasteiger partial charge in [0, 0.05) is 30.9 Å². The summed E-state index contributed by atoms with van der Waals surface area (Å²) < 4.78 is 31.9. The van der Waals surface area contributed by atoms with Crippen LogP contribution in [0.1, 0.15) is 25.8 Å². The molecule has 0 radical (unpaired) electrons. The van der Waals surface area contributed by atoms with Gasteiger partial charge < -0.3 is 15.0 Å². The predicted octanol–water partition coefficient (Wildman–Crippen LogP) is 4.15. The zero-order chi connectivity index (χ0) is 19.4. The van der Waals surface area contributed by atoms with E-state index in [0.717, 1.165) is 30.9 Å². The van der Waals surface area contributed by atoms with Gasteiger partial charge in [-0.05, 0) is 62.2 Å². The van der Waals surface area contributed by atoms with Gasteiger partial charge in [-0.15, -0.1) is 0 Å². The smallest absolute Gasteiger partial charge is 0.224 e. The second-order valence-electron chi connectivity index (χ2n) is 7.01. The SMILES string of the molecule is CC1CN(c2ccc(NC(=O)CCc3ccc(F)c(F)c3)cc2)CC(C)O1. The lowest BCUT2D eigenvalue weighted by Gasteiger charge is -2.36. The first kappa shape index (κ1) is 19.3. The Bertz CT molecular complexity index is 785. The minimum absolute atomic E-state index is 0.166. The number of carbonyl (C=O) groups excluding carboxylic acids is 1. The number of amides is 1. The highest BCUT2D eigenvalue weighted by atomic mass is 19.2. The van der Waals surface area contributed by atoms with Crippen LogP contribution in [0.25, 0.3) is 0 Å². The second kappa shape index (κ2) is 8.48. The van der Waals surface area contributed by atoms with Crippen molar-refractivity contribution in [2.24, 2.45) is 0 Å². The van der Waals surface area contributed by atoms with Crippen LogP contribution in [0.4, 0.5) is 20.2 Å². The fourth-order valence-corrected chi connectivity index (χ4v) is 3.32. The highest BCUT2D eigenvalue weighted by molar-refractivity contribution is 5.91. The van der Waals surface area contributed by atoms with E-state index in [1.165, 1.54) is 6.07 Å². The maximum absolute atomic E-state index is 13.2. The molecule has 4 nitrogen and oxygen atoms in total. The number of halogens is 2. The van der Waals surface area contributed by atoms with Crippen molar-refractivity contribution in [2.75, 3.05) is 23.3 Å². The van der Waals surface area contributed by atoms with Gasteiger partial charge in [-0.2, -0.15) is 0 Å². The molecule has 1 aliphatic heterocycles. The van der Waals surface area contributed by atoms with Gasteiger partial charge in [-0.1, -0.05) is 6.07 Å². The van der Waals surface area contributed by atoms with Crippen molar-refractivity contribution in [1.29, 1.82) is 0 Å². The summed E-state index contributed by atoms with van der Waals surface area (Å²) in [6.45, 7) is 5.79. The van der Waals surface area contributed by atoms with Gasteiger partial charge in [0.25, 0.3) is 0 Å². The van der Waals surface area contributed by atoms with Crippen LogP contribution in [-0.2, 0) is 16.0 Å². The van der Waals surface area contributed by atoms with E-state index in [0.29, 0.717) is 17.7 Å². The van der Waals surface area contributed by atoms with Crippen LogP contribution < -0.4 is 10.2 Å². The molecule has 0 bridgehead atoms. The molecular formula is C21H24F2N2O2. The standard InChI is InChI=1S/C21H24F2N2O2/c1-14-12-25(13-15(2)27-14)18-7-5-17(6-8-18)24-21(26)10-4-16-3-9-19(22)20(23)11-16/h3,5-9,11,14-15H,4,10,12-13H2,1-2H3,(H,24,26). The van der Waals surface area contributed by atoms with E-state index in [-0.39, 0.29) is 24.5 Å². The number of hydrogen-bond acceptors (Lipinski definition) is 3. The van der Waals surface area contributed by atoms with Gasteiger partial charge in [0.05, 0.1) is 12.2 Å². The zero-order valence-corrected chi connectivity index (χ0v) is 15.5. The van der Waals surface area contributed by atoms with Crippen LogP contribution in [0.15, 0.2) is 42.5 Å². The molecule has 2 aromatic carbocycles. The Kier molecular flexibility index (Phi) is 6.06. The lowest BCUT2D eigenvalue weighted by molar-refractivity contribution is -0.116. The normalized spacial score (nSPS) is 19.8. The molecule has 144 valence electrons. The average Bonchev–Trinajstić information content (AvgIpc) is 2.62. The van der Waals surface area contributed by atoms with Crippen molar-refractivity contribution < 1.29 is 18.3 Å².